The van der Waals surface area contributed by atoms with Gasteiger partial charge in [-0.2, -0.15) is 0 Å². The Balaban J connectivity index is 1.98. The van der Waals surface area contributed by atoms with Gasteiger partial charge in [0.05, 0.1) is 5.92 Å². The molecule has 2 rings (SSSR count). The molecule has 0 bridgehead atoms. The zero-order valence-corrected chi connectivity index (χ0v) is 12.1. The van der Waals surface area contributed by atoms with E-state index in [2.05, 4.69) is 0 Å². The van der Waals surface area contributed by atoms with Crippen molar-refractivity contribution in [3.63, 3.8) is 0 Å². The van der Waals surface area contributed by atoms with Crippen LogP contribution >= 0.6 is 0 Å². The third kappa shape index (κ3) is 4.66. The largest absolute Gasteiger partial charge is 0.481 e. The van der Waals surface area contributed by atoms with E-state index in [4.69, 9.17) is 0 Å². The molecule has 114 valence electrons. The molecule has 0 aliphatic heterocycles. The Bertz CT molecular complexity index is 507. The van der Waals surface area contributed by atoms with Crippen molar-refractivity contribution in [2.24, 2.45) is 11.8 Å². The van der Waals surface area contributed by atoms with Gasteiger partial charge < -0.3 is 5.11 Å². The van der Waals surface area contributed by atoms with Gasteiger partial charge in [-0.15, -0.1) is 0 Å². The summed E-state index contributed by atoms with van der Waals surface area (Å²) in [5, 5.41) is 9.31. The Morgan fingerprint density at radius 3 is 2.57 bits per heavy atom. The second-order valence-corrected chi connectivity index (χ2v) is 5.87. The molecule has 21 heavy (non-hydrogen) atoms. The Morgan fingerprint density at radius 1 is 1.24 bits per heavy atom. The molecule has 1 aromatic carbocycles. The standard InChI is InChI=1S/C17H21FO3/c18-15-8-4-5-12(10-15)9-14(17(20)21)11-16(19)13-6-2-1-3-7-13/h4-5,8,10,13-14H,1-3,6-7,9,11H2,(H,20,21). The van der Waals surface area contributed by atoms with Crippen molar-refractivity contribution >= 4 is 11.8 Å². The first-order valence-corrected chi connectivity index (χ1v) is 7.56. The summed E-state index contributed by atoms with van der Waals surface area (Å²) in [6, 6.07) is 5.92. The van der Waals surface area contributed by atoms with Gasteiger partial charge in [0.25, 0.3) is 0 Å². The molecular weight excluding hydrogens is 271 g/mol. The number of carbonyl (C=O) groups excluding carboxylic acids is 1. The van der Waals surface area contributed by atoms with Gasteiger partial charge in [-0.3, -0.25) is 9.59 Å². The number of hydrogen-bond acceptors (Lipinski definition) is 2. The monoisotopic (exact) mass is 292 g/mol. The molecule has 1 unspecified atom stereocenters. The summed E-state index contributed by atoms with van der Waals surface area (Å²) in [6.45, 7) is 0. The fourth-order valence-corrected chi connectivity index (χ4v) is 3.03. The van der Waals surface area contributed by atoms with Crippen LogP contribution < -0.4 is 0 Å². The van der Waals surface area contributed by atoms with E-state index < -0.39 is 11.9 Å². The summed E-state index contributed by atoms with van der Waals surface area (Å²) in [7, 11) is 0. The van der Waals surface area contributed by atoms with Crippen LogP contribution in [0.1, 0.15) is 44.1 Å². The summed E-state index contributed by atoms with van der Waals surface area (Å²) in [4.78, 5) is 23.6. The molecule has 0 radical (unpaired) electrons. The molecule has 3 nitrogen and oxygen atoms in total. The second-order valence-electron chi connectivity index (χ2n) is 5.87. The van der Waals surface area contributed by atoms with Crippen LogP contribution in [-0.2, 0) is 16.0 Å². The first kappa shape index (κ1) is 15.7. The molecule has 1 N–H and O–H groups in total. The maximum Gasteiger partial charge on any atom is 0.307 e. The molecule has 0 aromatic heterocycles. The molecule has 1 aliphatic rings. The number of benzene rings is 1. The van der Waals surface area contributed by atoms with E-state index in [1.807, 2.05) is 0 Å². The van der Waals surface area contributed by atoms with Crippen molar-refractivity contribution < 1.29 is 19.1 Å². The fourth-order valence-electron chi connectivity index (χ4n) is 3.03. The molecule has 0 heterocycles. The smallest absolute Gasteiger partial charge is 0.307 e. The lowest BCUT2D eigenvalue weighted by Crippen LogP contribution is -2.25. The summed E-state index contributed by atoms with van der Waals surface area (Å²) in [5.41, 5.74) is 0.624. The van der Waals surface area contributed by atoms with E-state index in [1.165, 1.54) is 12.1 Å². The highest BCUT2D eigenvalue weighted by atomic mass is 19.1. The number of Topliss-reactive ketones (excluding diaryl/α,β-unsaturated/α-hetero) is 1. The zero-order chi connectivity index (χ0) is 15.2. The van der Waals surface area contributed by atoms with Crippen molar-refractivity contribution in [3.05, 3.63) is 35.6 Å². The minimum atomic E-state index is -0.983. The maximum absolute atomic E-state index is 13.2. The topological polar surface area (TPSA) is 54.4 Å². The fraction of sp³-hybridized carbons (Fsp3) is 0.529. The maximum atomic E-state index is 13.2. The van der Waals surface area contributed by atoms with Crippen LogP contribution in [0.15, 0.2) is 24.3 Å². The number of aliphatic carboxylic acids is 1. The van der Waals surface area contributed by atoms with Crippen LogP contribution in [0.25, 0.3) is 0 Å². The Kier molecular flexibility index (Phi) is 5.48. The van der Waals surface area contributed by atoms with Gasteiger partial charge in [0.1, 0.15) is 11.6 Å². The molecule has 4 heteroatoms. The van der Waals surface area contributed by atoms with Crippen molar-refractivity contribution in [2.45, 2.75) is 44.9 Å². The first-order chi connectivity index (χ1) is 10.1. The average Bonchev–Trinajstić information content (AvgIpc) is 2.47. The molecule has 1 atom stereocenters. The number of ketones is 1. The van der Waals surface area contributed by atoms with E-state index in [0.29, 0.717) is 5.56 Å². The molecule has 1 saturated carbocycles. The Labute approximate surface area is 124 Å². The summed E-state index contributed by atoms with van der Waals surface area (Å²) in [6.07, 6.45) is 5.28. The van der Waals surface area contributed by atoms with Gasteiger partial charge in [-0.25, -0.2) is 4.39 Å². The predicted octanol–water partition coefficient (Wildman–Crippen LogP) is 3.61. The predicted molar refractivity (Wildman–Crippen MR) is 77.4 cm³/mol. The second kappa shape index (κ2) is 7.34. The van der Waals surface area contributed by atoms with E-state index in [0.717, 1.165) is 32.1 Å². The normalized spacial score (nSPS) is 17.4. The van der Waals surface area contributed by atoms with Crippen LogP contribution in [0.3, 0.4) is 0 Å². The van der Waals surface area contributed by atoms with Crippen LogP contribution in [0.4, 0.5) is 4.39 Å². The number of hydrogen-bond donors (Lipinski definition) is 1. The highest BCUT2D eigenvalue weighted by molar-refractivity contribution is 5.85. The van der Waals surface area contributed by atoms with Gasteiger partial charge >= 0.3 is 5.97 Å². The van der Waals surface area contributed by atoms with Crippen LogP contribution in [-0.4, -0.2) is 16.9 Å². The Morgan fingerprint density at radius 2 is 1.95 bits per heavy atom. The summed E-state index contributed by atoms with van der Waals surface area (Å²) < 4.78 is 13.2. The quantitative estimate of drug-likeness (QED) is 0.871. The number of carboxylic acids is 1. The van der Waals surface area contributed by atoms with Gasteiger partial charge in [0.15, 0.2) is 0 Å². The van der Waals surface area contributed by atoms with Crippen molar-refractivity contribution in [3.8, 4) is 0 Å². The highest BCUT2D eigenvalue weighted by Crippen LogP contribution is 2.27. The molecule has 0 spiro atoms. The lowest BCUT2D eigenvalue weighted by molar-refractivity contribution is -0.144. The lowest BCUT2D eigenvalue weighted by atomic mass is 9.82. The molecule has 1 aliphatic carbocycles. The molecule has 0 amide bonds. The molecule has 1 aromatic rings. The number of carboxylic acid groups (broad SMARTS) is 1. The first-order valence-electron chi connectivity index (χ1n) is 7.56. The summed E-state index contributed by atoms with van der Waals surface area (Å²) >= 11 is 0. The minimum Gasteiger partial charge on any atom is -0.481 e. The molecular formula is C17H21FO3. The minimum absolute atomic E-state index is 0.0214. The van der Waals surface area contributed by atoms with Crippen LogP contribution in [0.5, 0.6) is 0 Å². The number of rotatable bonds is 6. The zero-order valence-electron chi connectivity index (χ0n) is 12.1. The van der Waals surface area contributed by atoms with E-state index in [-0.39, 0.29) is 30.4 Å². The molecule has 0 saturated heterocycles. The summed E-state index contributed by atoms with van der Waals surface area (Å²) in [5.74, 6) is -2.05. The Hall–Kier alpha value is -1.71. The number of halogens is 1. The lowest BCUT2D eigenvalue weighted by Gasteiger charge is -2.22. The average molecular weight is 292 g/mol. The van der Waals surface area contributed by atoms with Gasteiger partial charge in [-0.1, -0.05) is 31.4 Å². The molecule has 1 fully saturated rings. The number of carbonyl (C=O) groups is 2. The van der Waals surface area contributed by atoms with Crippen LogP contribution in [0.2, 0.25) is 0 Å². The SMILES string of the molecule is O=C(O)C(CC(=O)C1CCCCC1)Cc1cccc(F)c1. The van der Waals surface area contributed by atoms with Gasteiger partial charge in [0.2, 0.25) is 0 Å². The van der Waals surface area contributed by atoms with E-state index in [9.17, 15) is 19.1 Å². The third-order valence-corrected chi connectivity index (χ3v) is 4.23. The van der Waals surface area contributed by atoms with Gasteiger partial charge in [-0.05, 0) is 37.0 Å². The van der Waals surface area contributed by atoms with E-state index in [1.54, 1.807) is 12.1 Å². The van der Waals surface area contributed by atoms with Crippen molar-refractivity contribution in [1.82, 2.24) is 0 Å². The van der Waals surface area contributed by atoms with Crippen LogP contribution in [0, 0.1) is 17.7 Å². The van der Waals surface area contributed by atoms with Gasteiger partial charge in [0, 0.05) is 12.3 Å². The third-order valence-electron chi connectivity index (χ3n) is 4.23. The van der Waals surface area contributed by atoms with E-state index >= 15 is 0 Å². The van der Waals surface area contributed by atoms with Crippen molar-refractivity contribution in [1.29, 1.82) is 0 Å². The van der Waals surface area contributed by atoms with Crippen molar-refractivity contribution in [2.75, 3.05) is 0 Å². The highest BCUT2D eigenvalue weighted by Gasteiger charge is 2.27.